The Morgan fingerprint density at radius 1 is 1.10 bits per heavy atom. The summed E-state index contributed by atoms with van der Waals surface area (Å²) in [6, 6.07) is 15.8. The van der Waals surface area contributed by atoms with Crippen molar-refractivity contribution in [2.45, 2.75) is 26.7 Å². The molecule has 4 aromatic rings. The molecule has 8 heteroatoms. The van der Waals surface area contributed by atoms with Gasteiger partial charge in [0.1, 0.15) is 5.75 Å². The van der Waals surface area contributed by atoms with Crippen molar-refractivity contribution in [1.82, 2.24) is 25.2 Å². The van der Waals surface area contributed by atoms with Crippen molar-refractivity contribution in [1.29, 1.82) is 0 Å². The van der Waals surface area contributed by atoms with Crippen LogP contribution in [0.5, 0.6) is 5.75 Å². The summed E-state index contributed by atoms with van der Waals surface area (Å²) in [7, 11) is 1.68. The minimum absolute atomic E-state index is 0.445. The zero-order valence-corrected chi connectivity index (χ0v) is 17.7. The highest BCUT2D eigenvalue weighted by atomic mass is 16.5. The number of nitrogens with zero attached hydrogens (tertiary/aromatic N) is 4. The van der Waals surface area contributed by atoms with Crippen LogP contribution in [-0.2, 0) is 12.8 Å². The number of benzene rings is 2. The number of methoxy groups -OCH3 is 1. The first-order chi connectivity index (χ1) is 15.0. The van der Waals surface area contributed by atoms with Crippen molar-refractivity contribution in [2.75, 3.05) is 7.11 Å². The van der Waals surface area contributed by atoms with E-state index in [1.54, 1.807) is 13.2 Å². The summed E-state index contributed by atoms with van der Waals surface area (Å²) in [5.41, 5.74) is 12.1. The van der Waals surface area contributed by atoms with Gasteiger partial charge in [-0.2, -0.15) is 5.21 Å². The number of aromatic amines is 1. The molecule has 0 bridgehead atoms. The van der Waals surface area contributed by atoms with Gasteiger partial charge >= 0.3 is 0 Å². The molecule has 2 aromatic carbocycles. The Bertz CT molecular complexity index is 1230. The van der Waals surface area contributed by atoms with Crippen molar-refractivity contribution in [3.63, 3.8) is 0 Å². The van der Waals surface area contributed by atoms with Crippen LogP contribution in [0.1, 0.15) is 33.0 Å². The highest BCUT2D eigenvalue weighted by Gasteiger charge is 2.18. The van der Waals surface area contributed by atoms with Gasteiger partial charge in [-0.15, -0.1) is 10.2 Å². The number of rotatable bonds is 7. The number of tetrazole rings is 1. The molecule has 4 rings (SSSR count). The Balaban J connectivity index is 1.86. The Morgan fingerprint density at radius 2 is 1.94 bits per heavy atom. The summed E-state index contributed by atoms with van der Waals surface area (Å²) in [6.07, 6.45) is 1.36. The molecule has 8 nitrogen and oxygen atoms in total. The smallest absolute Gasteiger partial charge is 0.248 e. The fourth-order valence-electron chi connectivity index (χ4n) is 3.77. The molecule has 0 saturated carbocycles. The number of primary amides is 1. The second-order valence-corrected chi connectivity index (χ2v) is 7.44. The standard InChI is InChI=1S/C23H24N6O2/c1-14-4-8-18(21(12-14)31-3)20-10-6-17(7-11-22-25-27-28-26-22)29(20)19-9-5-16(23(24)30)13-15(19)2/h4-6,8-10,12-13H,7,11H2,1-3H3,(H2,24,30)(H,25,26,27,28). The van der Waals surface area contributed by atoms with Gasteiger partial charge in [0.25, 0.3) is 0 Å². The summed E-state index contributed by atoms with van der Waals surface area (Å²) in [5, 5.41) is 14.2. The molecule has 31 heavy (non-hydrogen) atoms. The van der Waals surface area contributed by atoms with Crippen LogP contribution in [0.3, 0.4) is 0 Å². The third kappa shape index (κ3) is 4.05. The van der Waals surface area contributed by atoms with Gasteiger partial charge in [0.2, 0.25) is 5.91 Å². The van der Waals surface area contributed by atoms with E-state index in [0.29, 0.717) is 24.2 Å². The van der Waals surface area contributed by atoms with Crippen LogP contribution in [0.25, 0.3) is 16.9 Å². The molecule has 0 aliphatic rings. The first kappa shape index (κ1) is 20.3. The van der Waals surface area contributed by atoms with Crippen LogP contribution in [-0.4, -0.2) is 38.2 Å². The highest BCUT2D eigenvalue weighted by Crippen LogP contribution is 2.35. The highest BCUT2D eigenvalue weighted by molar-refractivity contribution is 5.93. The predicted octanol–water partition coefficient (Wildman–Crippen LogP) is 3.17. The second kappa shape index (κ2) is 8.43. The van der Waals surface area contributed by atoms with Crippen LogP contribution < -0.4 is 10.5 Å². The molecule has 3 N–H and O–H groups in total. The van der Waals surface area contributed by atoms with Crippen LogP contribution in [0.15, 0.2) is 48.5 Å². The lowest BCUT2D eigenvalue weighted by molar-refractivity contribution is 0.1000. The van der Waals surface area contributed by atoms with Gasteiger partial charge in [-0.05, 0) is 73.9 Å². The van der Waals surface area contributed by atoms with Gasteiger partial charge in [-0.1, -0.05) is 11.3 Å². The van der Waals surface area contributed by atoms with Crippen LogP contribution in [0.2, 0.25) is 0 Å². The van der Waals surface area contributed by atoms with Gasteiger partial charge in [0.05, 0.1) is 12.8 Å². The van der Waals surface area contributed by atoms with Crippen molar-refractivity contribution >= 4 is 5.91 Å². The van der Waals surface area contributed by atoms with E-state index < -0.39 is 5.91 Å². The summed E-state index contributed by atoms with van der Waals surface area (Å²) in [5.74, 6) is 1.01. The van der Waals surface area contributed by atoms with Crippen molar-refractivity contribution < 1.29 is 9.53 Å². The predicted molar refractivity (Wildman–Crippen MR) is 117 cm³/mol. The Kier molecular flexibility index (Phi) is 5.53. The van der Waals surface area contributed by atoms with E-state index in [-0.39, 0.29) is 0 Å². The molecule has 158 valence electrons. The van der Waals surface area contributed by atoms with Crippen molar-refractivity contribution in [3.8, 4) is 22.7 Å². The van der Waals surface area contributed by atoms with Gasteiger partial charge in [0.15, 0.2) is 5.82 Å². The SMILES string of the molecule is COc1cc(C)ccc1-c1ccc(CCc2nn[nH]n2)n1-c1ccc(C(N)=O)cc1C. The molecule has 0 fully saturated rings. The first-order valence-electron chi connectivity index (χ1n) is 9.96. The van der Waals surface area contributed by atoms with E-state index in [9.17, 15) is 4.79 Å². The van der Waals surface area contributed by atoms with E-state index in [0.717, 1.165) is 39.5 Å². The average Bonchev–Trinajstić information content (AvgIpc) is 3.42. The molecule has 1 amide bonds. The van der Waals surface area contributed by atoms with Gasteiger partial charge in [-0.3, -0.25) is 4.79 Å². The second-order valence-electron chi connectivity index (χ2n) is 7.44. The molecule has 2 aromatic heterocycles. The molecule has 2 heterocycles. The fraction of sp³-hybridized carbons (Fsp3) is 0.217. The van der Waals surface area contributed by atoms with E-state index in [1.807, 2.05) is 32.0 Å². The minimum atomic E-state index is -0.445. The summed E-state index contributed by atoms with van der Waals surface area (Å²) < 4.78 is 7.86. The quantitative estimate of drug-likeness (QED) is 0.481. The van der Waals surface area contributed by atoms with Crippen LogP contribution >= 0.6 is 0 Å². The number of aryl methyl sites for hydroxylation is 4. The third-order valence-corrected chi connectivity index (χ3v) is 5.31. The molecule has 0 spiro atoms. The third-order valence-electron chi connectivity index (χ3n) is 5.31. The molecular weight excluding hydrogens is 392 g/mol. The monoisotopic (exact) mass is 416 g/mol. The largest absolute Gasteiger partial charge is 0.496 e. The normalized spacial score (nSPS) is 10.9. The Labute approximate surface area is 180 Å². The number of hydrogen-bond acceptors (Lipinski definition) is 5. The first-order valence-corrected chi connectivity index (χ1v) is 9.96. The number of aromatic nitrogens is 5. The number of hydrogen-bond donors (Lipinski definition) is 2. The van der Waals surface area contributed by atoms with E-state index in [4.69, 9.17) is 10.5 Å². The lowest BCUT2D eigenvalue weighted by Crippen LogP contribution is -2.12. The molecule has 0 atom stereocenters. The number of amides is 1. The van der Waals surface area contributed by atoms with Gasteiger partial charge < -0.3 is 15.0 Å². The van der Waals surface area contributed by atoms with Crippen LogP contribution in [0, 0.1) is 13.8 Å². The molecule has 0 radical (unpaired) electrons. The molecule has 0 unspecified atom stereocenters. The van der Waals surface area contributed by atoms with Gasteiger partial charge in [0, 0.05) is 28.9 Å². The molecular formula is C23H24N6O2. The topological polar surface area (TPSA) is 112 Å². The number of carbonyl (C=O) groups excluding carboxylic acids is 1. The molecule has 0 aliphatic carbocycles. The maximum Gasteiger partial charge on any atom is 0.248 e. The Morgan fingerprint density at radius 3 is 2.61 bits per heavy atom. The number of nitrogens with one attached hydrogen (secondary N) is 1. The van der Waals surface area contributed by atoms with Gasteiger partial charge in [-0.25, -0.2) is 0 Å². The fourth-order valence-corrected chi connectivity index (χ4v) is 3.77. The van der Waals surface area contributed by atoms with Crippen LogP contribution in [0.4, 0.5) is 0 Å². The molecule has 0 saturated heterocycles. The number of H-pyrrole nitrogens is 1. The summed E-state index contributed by atoms with van der Waals surface area (Å²) >= 11 is 0. The number of nitrogens with two attached hydrogens (primary N) is 1. The van der Waals surface area contributed by atoms with Crippen molar-refractivity contribution in [2.24, 2.45) is 5.73 Å². The zero-order chi connectivity index (χ0) is 22.0. The summed E-state index contributed by atoms with van der Waals surface area (Å²) in [4.78, 5) is 11.6. The number of carbonyl (C=O) groups is 1. The zero-order valence-electron chi connectivity index (χ0n) is 17.7. The van der Waals surface area contributed by atoms with E-state index >= 15 is 0 Å². The Hall–Kier alpha value is -3.94. The molecule has 0 aliphatic heterocycles. The maximum absolute atomic E-state index is 11.6. The average molecular weight is 416 g/mol. The summed E-state index contributed by atoms with van der Waals surface area (Å²) in [6.45, 7) is 4.01. The van der Waals surface area contributed by atoms with E-state index in [1.165, 1.54) is 0 Å². The lowest BCUT2D eigenvalue weighted by Gasteiger charge is -2.18. The number of ether oxygens (including phenoxy) is 1. The van der Waals surface area contributed by atoms with Crippen molar-refractivity contribution in [3.05, 3.63) is 76.7 Å². The maximum atomic E-state index is 11.6. The van der Waals surface area contributed by atoms with E-state index in [2.05, 4.69) is 49.5 Å². The minimum Gasteiger partial charge on any atom is -0.496 e. The lowest BCUT2D eigenvalue weighted by atomic mass is 10.1.